The first-order chi connectivity index (χ1) is 8.75. The van der Waals surface area contributed by atoms with E-state index in [9.17, 15) is 0 Å². The molecule has 3 heteroatoms. The van der Waals surface area contributed by atoms with Gasteiger partial charge in [-0.05, 0) is 23.3 Å². The molecule has 0 radical (unpaired) electrons. The zero-order valence-electron chi connectivity index (χ0n) is 10.1. The highest BCUT2D eigenvalue weighted by Crippen LogP contribution is 2.13. The van der Waals surface area contributed by atoms with Gasteiger partial charge in [-0.1, -0.05) is 54.1 Å². The summed E-state index contributed by atoms with van der Waals surface area (Å²) in [7, 11) is 0. The molecule has 2 rings (SSSR count). The normalized spacial score (nSPS) is 12.3. The molecule has 0 amide bonds. The Morgan fingerprint density at radius 3 is 2.56 bits per heavy atom. The smallest absolute Gasteiger partial charge is 0.0718 e. The van der Waals surface area contributed by atoms with E-state index in [2.05, 4.69) is 0 Å². The molecule has 2 N–H and O–H groups in total. The van der Waals surface area contributed by atoms with Crippen molar-refractivity contribution < 1.29 is 4.74 Å². The molecule has 0 heterocycles. The van der Waals surface area contributed by atoms with Crippen molar-refractivity contribution in [2.75, 3.05) is 6.61 Å². The molecule has 1 atom stereocenters. The number of benzene rings is 2. The van der Waals surface area contributed by atoms with Crippen LogP contribution in [-0.4, -0.2) is 6.61 Å². The molecule has 18 heavy (non-hydrogen) atoms. The topological polar surface area (TPSA) is 35.2 Å². The number of hydrogen-bond donors (Lipinski definition) is 1. The highest BCUT2D eigenvalue weighted by molar-refractivity contribution is 6.30. The van der Waals surface area contributed by atoms with Crippen LogP contribution >= 0.6 is 11.6 Å². The summed E-state index contributed by atoms with van der Waals surface area (Å²) in [6.45, 7) is 1.03. The molecule has 2 nitrogen and oxygen atoms in total. The summed E-state index contributed by atoms with van der Waals surface area (Å²) < 4.78 is 5.61. The highest BCUT2D eigenvalue weighted by Gasteiger charge is 2.05. The second kappa shape index (κ2) is 6.55. The lowest BCUT2D eigenvalue weighted by Gasteiger charge is -2.12. The van der Waals surface area contributed by atoms with Gasteiger partial charge in [0.15, 0.2) is 0 Å². The van der Waals surface area contributed by atoms with Crippen LogP contribution in [0.2, 0.25) is 5.02 Å². The molecule has 94 valence electrons. The van der Waals surface area contributed by atoms with Crippen LogP contribution in [0, 0.1) is 0 Å². The second-order valence-corrected chi connectivity index (χ2v) is 4.60. The maximum atomic E-state index is 6.04. The molecule has 0 bridgehead atoms. The summed E-state index contributed by atoms with van der Waals surface area (Å²) in [5, 5.41) is 0.725. The van der Waals surface area contributed by atoms with Crippen molar-refractivity contribution in [2.45, 2.75) is 12.6 Å². The molecule has 2 aromatic rings. The Hall–Kier alpha value is -1.35. The summed E-state index contributed by atoms with van der Waals surface area (Å²) in [6, 6.07) is 17.5. The Balaban J connectivity index is 1.82. The van der Waals surface area contributed by atoms with Gasteiger partial charge < -0.3 is 10.5 Å². The minimum absolute atomic E-state index is 0.0922. The standard InChI is InChI=1S/C15H16ClNO/c16-14-8-4-5-12(9-14)10-18-11-15(17)13-6-2-1-3-7-13/h1-9,15H,10-11,17H2/t15-/m1/s1. The molecule has 0 saturated heterocycles. The van der Waals surface area contributed by atoms with Gasteiger partial charge in [0.25, 0.3) is 0 Å². The van der Waals surface area contributed by atoms with E-state index in [1.807, 2.05) is 54.6 Å². The van der Waals surface area contributed by atoms with Crippen LogP contribution in [0.15, 0.2) is 54.6 Å². The first kappa shape index (κ1) is 13.1. The van der Waals surface area contributed by atoms with Crippen molar-refractivity contribution in [3.8, 4) is 0 Å². The molecular formula is C15H16ClNO. The van der Waals surface area contributed by atoms with Crippen molar-refractivity contribution >= 4 is 11.6 Å². The number of ether oxygens (including phenoxy) is 1. The summed E-state index contributed by atoms with van der Waals surface area (Å²) in [4.78, 5) is 0. The van der Waals surface area contributed by atoms with Gasteiger partial charge in [-0.15, -0.1) is 0 Å². The fourth-order valence-electron chi connectivity index (χ4n) is 1.73. The summed E-state index contributed by atoms with van der Waals surface area (Å²) in [5.74, 6) is 0. The van der Waals surface area contributed by atoms with Crippen LogP contribution in [-0.2, 0) is 11.3 Å². The van der Waals surface area contributed by atoms with E-state index >= 15 is 0 Å². The van der Waals surface area contributed by atoms with Gasteiger partial charge in [0.2, 0.25) is 0 Å². The lowest BCUT2D eigenvalue weighted by Crippen LogP contribution is -2.16. The summed E-state index contributed by atoms with van der Waals surface area (Å²) in [6.07, 6.45) is 0. The molecule has 0 aliphatic carbocycles. The predicted molar refractivity (Wildman–Crippen MR) is 74.5 cm³/mol. The molecule has 0 aliphatic heterocycles. The van der Waals surface area contributed by atoms with Crippen LogP contribution in [0.5, 0.6) is 0 Å². The Morgan fingerprint density at radius 1 is 1.06 bits per heavy atom. The molecule has 0 aliphatic rings. The van der Waals surface area contributed by atoms with Crippen LogP contribution < -0.4 is 5.73 Å². The van der Waals surface area contributed by atoms with Gasteiger partial charge in [-0.25, -0.2) is 0 Å². The minimum Gasteiger partial charge on any atom is -0.375 e. The molecule has 0 fully saturated rings. The Morgan fingerprint density at radius 2 is 1.83 bits per heavy atom. The van der Waals surface area contributed by atoms with Gasteiger partial charge in [-0.3, -0.25) is 0 Å². The monoisotopic (exact) mass is 261 g/mol. The predicted octanol–water partition coefficient (Wildman–Crippen LogP) is 3.56. The van der Waals surface area contributed by atoms with E-state index in [1.54, 1.807) is 0 Å². The molecule has 2 aromatic carbocycles. The minimum atomic E-state index is -0.0922. The number of halogens is 1. The highest BCUT2D eigenvalue weighted by atomic mass is 35.5. The maximum Gasteiger partial charge on any atom is 0.0718 e. The Bertz CT molecular complexity index is 487. The third-order valence-corrected chi connectivity index (χ3v) is 2.92. The van der Waals surface area contributed by atoms with Crippen molar-refractivity contribution in [1.29, 1.82) is 0 Å². The summed E-state index contributed by atoms with van der Waals surface area (Å²) in [5.41, 5.74) is 8.18. The van der Waals surface area contributed by atoms with Crippen LogP contribution in [0.3, 0.4) is 0 Å². The quantitative estimate of drug-likeness (QED) is 0.893. The van der Waals surface area contributed by atoms with E-state index in [-0.39, 0.29) is 6.04 Å². The zero-order valence-corrected chi connectivity index (χ0v) is 10.8. The summed E-state index contributed by atoms with van der Waals surface area (Å²) >= 11 is 5.90. The first-order valence-electron chi connectivity index (χ1n) is 5.88. The fourth-order valence-corrected chi connectivity index (χ4v) is 1.94. The third kappa shape index (κ3) is 3.84. The van der Waals surface area contributed by atoms with Gasteiger partial charge in [0.05, 0.1) is 19.3 Å². The van der Waals surface area contributed by atoms with E-state index in [0.29, 0.717) is 13.2 Å². The molecule has 0 aromatic heterocycles. The lowest BCUT2D eigenvalue weighted by atomic mass is 10.1. The van der Waals surface area contributed by atoms with Crippen molar-refractivity contribution in [2.24, 2.45) is 5.73 Å². The van der Waals surface area contributed by atoms with E-state index < -0.39 is 0 Å². The molecule has 0 saturated carbocycles. The molecule has 0 unspecified atom stereocenters. The van der Waals surface area contributed by atoms with E-state index in [0.717, 1.165) is 16.1 Å². The van der Waals surface area contributed by atoms with Gasteiger partial charge in [-0.2, -0.15) is 0 Å². The van der Waals surface area contributed by atoms with Gasteiger partial charge in [0.1, 0.15) is 0 Å². The Labute approximate surface area is 112 Å². The number of nitrogens with two attached hydrogens (primary N) is 1. The maximum absolute atomic E-state index is 6.04. The lowest BCUT2D eigenvalue weighted by molar-refractivity contribution is 0.108. The fraction of sp³-hybridized carbons (Fsp3) is 0.200. The van der Waals surface area contributed by atoms with Crippen molar-refractivity contribution in [1.82, 2.24) is 0 Å². The van der Waals surface area contributed by atoms with Crippen LogP contribution in [0.4, 0.5) is 0 Å². The molecular weight excluding hydrogens is 246 g/mol. The number of rotatable bonds is 5. The average molecular weight is 262 g/mol. The van der Waals surface area contributed by atoms with Crippen molar-refractivity contribution in [3.63, 3.8) is 0 Å². The second-order valence-electron chi connectivity index (χ2n) is 4.16. The van der Waals surface area contributed by atoms with Crippen LogP contribution in [0.1, 0.15) is 17.2 Å². The first-order valence-corrected chi connectivity index (χ1v) is 6.26. The SMILES string of the molecule is N[C@H](COCc1cccc(Cl)c1)c1ccccc1. The van der Waals surface area contributed by atoms with Gasteiger partial charge >= 0.3 is 0 Å². The molecule has 0 spiro atoms. The zero-order chi connectivity index (χ0) is 12.8. The van der Waals surface area contributed by atoms with E-state index in [4.69, 9.17) is 22.1 Å². The van der Waals surface area contributed by atoms with Gasteiger partial charge in [0, 0.05) is 5.02 Å². The van der Waals surface area contributed by atoms with E-state index in [1.165, 1.54) is 0 Å². The Kier molecular flexibility index (Phi) is 4.76. The van der Waals surface area contributed by atoms with Crippen LogP contribution in [0.25, 0.3) is 0 Å². The average Bonchev–Trinajstić information content (AvgIpc) is 2.40. The largest absolute Gasteiger partial charge is 0.375 e. The number of hydrogen-bond acceptors (Lipinski definition) is 2. The van der Waals surface area contributed by atoms with Crippen molar-refractivity contribution in [3.05, 3.63) is 70.7 Å². The third-order valence-electron chi connectivity index (χ3n) is 2.68.